The van der Waals surface area contributed by atoms with Crippen LogP contribution < -0.4 is 9.47 Å². The number of aliphatic hydroxyl groups is 1. The van der Waals surface area contributed by atoms with Crippen LogP contribution in [0.15, 0.2) is 30.3 Å². The molecule has 0 bridgehead atoms. The molecular formula is C16H16O6. The maximum atomic E-state index is 10.3. The van der Waals surface area contributed by atoms with Gasteiger partial charge in [-0.15, -0.1) is 0 Å². The van der Waals surface area contributed by atoms with Crippen LogP contribution in [0.25, 0.3) is 0 Å². The van der Waals surface area contributed by atoms with E-state index in [1.807, 2.05) is 0 Å². The number of aliphatic hydroxyl groups excluding tert-OH is 1. The smallest absolute Gasteiger partial charge is 0.160 e. The minimum absolute atomic E-state index is 0.00719. The van der Waals surface area contributed by atoms with E-state index in [0.29, 0.717) is 16.9 Å². The van der Waals surface area contributed by atoms with E-state index in [0.717, 1.165) is 0 Å². The van der Waals surface area contributed by atoms with Crippen LogP contribution in [0.2, 0.25) is 0 Å². The summed E-state index contributed by atoms with van der Waals surface area (Å²) in [6.07, 6.45) is -1.38. The van der Waals surface area contributed by atoms with Crippen molar-refractivity contribution in [1.29, 1.82) is 0 Å². The predicted octanol–water partition coefficient (Wildman–Crippen LogP) is 1.85. The molecular weight excluding hydrogens is 288 g/mol. The standard InChI is InChI=1S/C16H16O6/c1-21-15-4-8(2-3-11(15)18)16-13(20)7-10-12(19)5-9(17)6-14(10)22-16/h2-6,13,16-20H,7H2,1H3. The number of phenols is 3. The largest absolute Gasteiger partial charge is 0.508 e. The first-order valence-corrected chi connectivity index (χ1v) is 6.76. The fourth-order valence-electron chi connectivity index (χ4n) is 2.62. The van der Waals surface area contributed by atoms with Gasteiger partial charge in [0.2, 0.25) is 0 Å². The number of methoxy groups -OCH3 is 1. The highest BCUT2D eigenvalue weighted by Crippen LogP contribution is 2.42. The number of fused-ring (bicyclic) bond motifs is 1. The van der Waals surface area contributed by atoms with Crippen LogP contribution in [0, 0.1) is 0 Å². The second kappa shape index (κ2) is 5.31. The van der Waals surface area contributed by atoms with Gasteiger partial charge in [-0.05, 0) is 17.7 Å². The molecule has 3 rings (SSSR count). The van der Waals surface area contributed by atoms with Crippen molar-refractivity contribution in [1.82, 2.24) is 0 Å². The topological polar surface area (TPSA) is 99.4 Å². The summed E-state index contributed by atoms with van der Waals surface area (Å²) in [4.78, 5) is 0. The van der Waals surface area contributed by atoms with Gasteiger partial charge in [0.1, 0.15) is 23.4 Å². The molecule has 22 heavy (non-hydrogen) atoms. The summed E-state index contributed by atoms with van der Waals surface area (Å²) in [5, 5.41) is 39.3. The molecule has 0 spiro atoms. The number of hydrogen-bond donors (Lipinski definition) is 4. The van der Waals surface area contributed by atoms with Crippen LogP contribution in [0.4, 0.5) is 0 Å². The second-order valence-corrected chi connectivity index (χ2v) is 5.18. The van der Waals surface area contributed by atoms with Gasteiger partial charge < -0.3 is 29.9 Å². The quantitative estimate of drug-likeness (QED) is 0.676. The molecule has 0 fully saturated rings. The zero-order valence-corrected chi connectivity index (χ0v) is 11.9. The van der Waals surface area contributed by atoms with Crippen molar-refractivity contribution in [3.05, 3.63) is 41.5 Å². The maximum Gasteiger partial charge on any atom is 0.160 e. The van der Waals surface area contributed by atoms with E-state index >= 15 is 0 Å². The second-order valence-electron chi connectivity index (χ2n) is 5.18. The average Bonchev–Trinajstić information content (AvgIpc) is 2.48. The van der Waals surface area contributed by atoms with Crippen molar-refractivity contribution in [3.63, 3.8) is 0 Å². The van der Waals surface area contributed by atoms with Crippen molar-refractivity contribution in [2.75, 3.05) is 7.11 Å². The van der Waals surface area contributed by atoms with Gasteiger partial charge in [-0.3, -0.25) is 0 Å². The van der Waals surface area contributed by atoms with Gasteiger partial charge in [-0.1, -0.05) is 6.07 Å². The molecule has 0 aliphatic carbocycles. The summed E-state index contributed by atoms with van der Waals surface area (Å²) in [5.74, 6) is 0.357. The number of ether oxygens (including phenoxy) is 2. The van der Waals surface area contributed by atoms with Gasteiger partial charge in [-0.2, -0.15) is 0 Å². The Morgan fingerprint density at radius 2 is 1.86 bits per heavy atom. The van der Waals surface area contributed by atoms with Crippen LogP contribution in [0.3, 0.4) is 0 Å². The minimum Gasteiger partial charge on any atom is -0.508 e. The average molecular weight is 304 g/mol. The van der Waals surface area contributed by atoms with E-state index in [1.54, 1.807) is 12.1 Å². The first kappa shape index (κ1) is 14.3. The zero-order valence-electron chi connectivity index (χ0n) is 11.9. The number of aromatic hydroxyl groups is 3. The Hall–Kier alpha value is -2.60. The van der Waals surface area contributed by atoms with Crippen LogP contribution in [-0.4, -0.2) is 33.6 Å². The fourth-order valence-corrected chi connectivity index (χ4v) is 2.62. The van der Waals surface area contributed by atoms with Gasteiger partial charge in [-0.25, -0.2) is 0 Å². The third-order valence-electron chi connectivity index (χ3n) is 3.72. The SMILES string of the molecule is COc1cc(C2Oc3cc(O)cc(O)c3CC2O)ccc1O. The molecule has 116 valence electrons. The maximum absolute atomic E-state index is 10.3. The number of rotatable bonds is 2. The molecule has 2 unspecified atom stereocenters. The molecule has 1 aliphatic rings. The number of hydrogen-bond acceptors (Lipinski definition) is 6. The minimum atomic E-state index is -0.878. The Bertz CT molecular complexity index is 712. The van der Waals surface area contributed by atoms with Gasteiger partial charge in [0.15, 0.2) is 11.5 Å². The van der Waals surface area contributed by atoms with E-state index in [2.05, 4.69) is 0 Å². The lowest BCUT2D eigenvalue weighted by molar-refractivity contribution is 0.0197. The summed E-state index contributed by atoms with van der Waals surface area (Å²) >= 11 is 0. The third-order valence-corrected chi connectivity index (χ3v) is 3.72. The van der Waals surface area contributed by atoms with Crippen molar-refractivity contribution < 1.29 is 29.9 Å². The van der Waals surface area contributed by atoms with E-state index in [1.165, 1.54) is 25.3 Å². The highest BCUT2D eigenvalue weighted by Gasteiger charge is 2.32. The molecule has 2 aromatic rings. The molecule has 4 N–H and O–H groups in total. The summed E-state index contributed by atoms with van der Waals surface area (Å²) in [5.41, 5.74) is 1.07. The highest BCUT2D eigenvalue weighted by atomic mass is 16.5. The lowest BCUT2D eigenvalue weighted by Gasteiger charge is -2.31. The van der Waals surface area contributed by atoms with Crippen molar-refractivity contribution in [2.24, 2.45) is 0 Å². The molecule has 0 saturated carbocycles. The van der Waals surface area contributed by atoms with Crippen LogP contribution in [0.5, 0.6) is 28.7 Å². The fraction of sp³-hybridized carbons (Fsp3) is 0.250. The monoisotopic (exact) mass is 304 g/mol. The highest BCUT2D eigenvalue weighted by molar-refractivity contribution is 5.52. The number of phenolic OH excluding ortho intramolecular Hbond substituents is 3. The third kappa shape index (κ3) is 2.37. The molecule has 6 heteroatoms. The summed E-state index contributed by atoms with van der Waals surface area (Å²) in [6, 6.07) is 7.26. The summed E-state index contributed by atoms with van der Waals surface area (Å²) < 4.78 is 10.8. The van der Waals surface area contributed by atoms with Gasteiger partial charge in [0, 0.05) is 24.1 Å². The summed E-state index contributed by atoms with van der Waals surface area (Å²) in [6.45, 7) is 0. The molecule has 0 radical (unpaired) electrons. The first-order valence-electron chi connectivity index (χ1n) is 6.76. The molecule has 2 atom stereocenters. The Kier molecular flexibility index (Phi) is 3.46. The molecule has 1 heterocycles. The Morgan fingerprint density at radius 3 is 2.59 bits per heavy atom. The normalized spacial score (nSPS) is 20.1. The van der Waals surface area contributed by atoms with E-state index in [-0.39, 0.29) is 29.4 Å². The van der Waals surface area contributed by atoms with Crippen molar-refractivity contribution in [3.8, 4) is 28.7 Å². The lowest BCUT2D eigenvalue weighted by atomic mass is 9.94. The first-order chi connectivity index (χ1) is 10.5. The van der Waals surface area contributed by atoms with Crippen LogP contribution in [0.1, 0.15) is 17.2 Å². The van der Waals surface area contributed by atoms with Crippen LogP contribution >= 0.6 is 0 Å². The molecule has 0 aromatic heterocycles. The van der Waals surface area contributed by atoms with E-state index in [4.69, 9.17) is 9.47 Å². The summed E-state index contributed by atoms with van der Waals surface area (Å²) in [7, 11) is 1.43. The Labute approximate surface area is 126 Å². The van der Waals surface area contributed by atoms with Gasteiger partial charge >= 0.3 is 0 Å². The van der Waals surface area contributed by atoms with Gasteiger partial charge in [0.25, 0.3) is 0 Å². The molecule has 0 amide bonds. The van der Waals surface area contributed by atoms with Gasteiger partial charge in [0.05, 0.1) is 13.2 Å². The molecule has 1 aliphatic heterocycles. The van der Waals surface area contributed by atoms with Crippen molar-refractivity contribution >= 4 is 0 Å². The molecule has 0 saturated heterocycles. The Balaban J connectivity index is 1.99. The molecule has 2 aromatic carbocycles. The predicted molar refractivity (Wildman–Crippen MR) is 77.5 cm³/mol. The van der Waals surface area contributed by atoms with E-state index in [9.17, 15) is 20.4 Å². The van der Waals surface area contributed by atoms with Crippen molar-refractivity contribution in [2.45, 2.75) is 18.6 Å². The molecule has 6 nitrogen and oxygen atoms in total. The van der Waals surface area contributed by atoms with E-state index < -0.39 is 12.2 Å². The van der Waals surface area contributed by atoms with Crippen LogP contribution in [-0.2, 0) is 6.42 Å². The lowest BCUT2D eigenvalue weighted by Crippen LogP contribution is -2.30. The Morgan fingerprint density at radius 1 is 1.09 bits per heavy atom. The zero-order chi connectivity index (χ0) is 15.9. The number of benzene rings is 2.